The molecule has 0 aliphatic rings. The summed E-state index contributed by atoms with van der Waals surface area (Å²) in [6.07, 6.45) is 0. The van der Waals surface area contributed by atoms with Crippen molar-refractivity contribution in [2.45, 2.75) is 0 Å². The molecular weight excluding hydrogens is 212 g/mol. The Kier molecular flexibility index (Phi) is 2810. The molecule has 2 N–H and O–H groups in total. The molecule has 0 spiro atoms. The van der Waals surface area contributed by atoms with E-state index in [2.05, 4.69) is 0 Å². The van der Waals surface area contributed by atoms with Crippen molar-refractivity contribution in [2.24, 2.45) is 0 Å². The van der Waals surface area contributed by atoms with Gasteiger partial charge in [-0.15, -0.1) is 0 Å². The molecule has 32 valence electrons. The maximum absolute atomic E-state index is 0. The van der Waals surface area contributed by atoms with E-state index in [4.69, 9.17) is 0 Å². The minimum Gasteiger partial charge on any atom is -1.00 e. The molecule has 0 heterocycles. The van der Waals surface area contributed by atoms with Crippen molar-refractivity contribution < 1.29 is 55.2 Å². The molecule has 0 unspecified atom stereocenters. The van der Waals surface area contributed by atoms with Gasteiger partial charge in [0.2, 0.25) is 0 Å². The third kappa shape index (κ3) is 48.0. The Hall–Kier alpha value is 0.945. The van der Waals surface area contributed by atoms with Crippen LogP contribution in [0.1, 0.15) is 0 Å². The molecule has 0 aliphatic carbocycles. The molecule has 0 amide bonds. The Bertz CT molecular complexity index is 6.85. The topological polar surface area (TPSA) is 31.5 Å². The van der Waals surface area contributed by atoms with E-state index in [1.807, 2.05) is 0 Å². The second kappa shape index (κ2) is 86.2. The molecule has 0 aromatic rings. The van der Waals surface area contributed by atoms with Crippen molar-refractivity contribution in [1.82, 2.24) is 0 Å². The molecular formula is H2F3LaO. The quantitative estimate of drug-likeness (QED) is 0.383. The van der Waals surface area contributed by atoms with E-state index in [1.165, 1.54) is 0 Å². The standard InChI is InChI=1S/3FH.La.H2O/h3*1H;;1H2/q;;;+3;/p-3. The Morgan fingerprint density at radius 3 is 0.600 bits per heavy atom. The van der Waals surface area contributed by atoms with Gasteiger partial charge in [0.1, 0.15) is 0 Å². The summed E-state index contributed by atoms with van der Waals surface area (Å²) in [5.74, 6) is 0. The van der Waals surface area contributed by atoms with Crippen LogP contribution in [-0.4, -0.2) is 5.48 Å². The van der Waals surface area contributed by atoms with E-state index in [-0.39, 0.29) is 55.2 Å². The molecule has 0 radical (unpaired) electrons. The van der Waals surface area contributed by atoms with Crippen molar-refractivity contribution in [3.05, 3.63) is 0 Å². The van der Waals surface area contributed by atoms with E-state index < -0.39 is 0 Å². The zero-order valence-electron chi connectivity index (χ0n) is 2.21. The summed E-state index contributed by atoms with van der Waals surface area (Å²) in [5, 5.41) is 0. The van der Waals surface area contributed by atoms with Gasteiger partial charge in [-0.3, -0.25) is 0 Å². The summed E-state index contributed by atoms with van der Waals surface area (Å²) in [6, 6.07) is 0. The Morgan fingerprint density at radius 2 is 0.600 bits per heavy atom. The van der Waals surface area contributed by atoms with E-state index in [9.17, 15) is 0 Å². The molecule has 0 fully saturated rings. The smallest absolute Gasteiger partial charge is 1.00 e. The third-order valence-electron chi connectivity index (χ3n) is 0. The van der Waals surface area contributed by atoms with Gasteiger partial charge in [-0.1, -0.05) is 0 Å². The van der Waals surface area contributed by atoms with Gasteiger partial charge in [0.25, 0.3) is 0 Å². The summed E-state index contributed by atoms with van der Waals surface area (Å²) in [5.41, 5.74) is 0. The largest absolute Gasteiger partial charge is 3.00 e. The molecule has 0 aromatic carbocycles. The molecule has 0 aromatic heterocycles. The monoisotopic (exact) mass is 214 g/mol. The molecule has 0 bridgehead atoms. The summed E-state index contributed by atoms with van der Waals surface area (Å²) in [7, 11) is 0. The fourth-order valence-corrected chi connectivity index (χ4v) is 0. The van der Waals surface area contributed by atoms with E-state index >= 15 is 0 Å². The van der Waals surface area contributed by atoms with Gasteiger partial charge in [-0.05, 0) is 0 Å². The van der Waals surface area contributed by atoms with Gasteiger partial charge in [0, 0.05) is 0 Å². The molecule has 0 aliphatic heterocycles. The number of hydrogen-bond acceptors (Lipinski definition) is 0. The first-order valence-electron chi connectivity index (χ1n) is 0. The average Bonchev–Trinajstić information content (AvgIpc) is 0. The summed E-state index contributed by atoms with van der Waals surface area (Å²) in [4.78, 5) is 0. The molecule has 0 rings (SSSR count). The Morgan fingerprint density at radius 1 is 0.600 bits per heavy atom. The molecule has 0 saturated heterocycles. The maximum atomic E-state index is 0. The molecule has 1 nitrogen and oxygen atoms in total. The van der Waals surface area contributed by atoms with Crippen LogP contribution in [0.3, 0.4) is 0 Å². The number of hydrogen-bond donors (Lipinski definition) is 0. The maximum Gasteiger partial charge on any atom is 3.00 e. The Balaban J connectivity index is 0. The van der Waals surface area contributed by atoms with Crippen molar-refractivity contribution in [3.63, 3.8) is 0 Å². The Labute approximate surface area is 55.1 Å². The van der Waals surface area contributed by atoms with Crippen LogP contribution in [0, 0.1) is 35.6 Å². The van der Waals surface area contributed by atoms with Crippen molar-refractivity contribution in [2.75, 3.05) is 0 Å². The summed E-state index contributed by atoms with van der Waals surface area (Å²) in [6.45, 7) is 0. The van der Waals surface area contributed by atoms with Gasteiger partial charge in [0.05, 0.1) is 0 Å². The summed E-state index contributed by atoms with van der Waals surface area (Å²) >= 11 is 0. The number of rotatable bonds is 0. The fourth-order valence-electron chi connectivity index (χ4n) is 0. The molecule has 5 heavy (non-hydrogen) atoms. The van der Waals surface area contributed by atoms with Gasteiger partial charge >= 0.3 is 35.6 Å². The van der Waals surface area contributed by atoms with Crippen molar-refractivity contribution in [3.8, 4) is 0 Å². The van der Waals surface area contributed by atoms with Gasteiger partial charge in [-0.25, -0.2) is 0 Å². The zero-order valence-corrected chi connectivity index (χ0v) is 5.84. The first kappa shape index (κ1) is 163. The molecule has 5 heteroatoms. The average molecular weight is 214 g/mol. The van der Waals surface area contributed by atoms with Gasteiger partial charge in [-0.2, -0.15) is 0 Å². The van der Waals surface area contributed by atoms with Gasteiger partial charge in [0.15, 0.2) is 0 Å². The van der Waals surface area contributed by atoms with Crippen LogP contribution >= 0.6 is 0 Å². The second-order valence-corrected chi connectivity index (χ2v) is 0. The molecule has 0 atom stereocenters. The van der Waals surface area contributed by atoms with Crippen molar-refractivity contribution in [1.29, 1.82) is 0 Å². The fraction of sp³-hybridized carbons (Fsp3) is 0. The van der Waals surface area contributed by atoms with E-state index in [1.54, 1.807) is 0 Å². The van der Waals surface area contributed by atoms with Crippen LogP contribution in [0.25, 0.3) is 0 Å². The normalized spacial score (nSPS) is 0. The zero-order chi connectivity index (χ0) is 0. The number of halogens is 3. The minimum atomic E-state index is 0. The van der Waals surface area contributed by atoms with Crippen LogP contribution in [0.5, 0.6) is 0 Å². The van der Waals surface area contributed by atoms with Crippen LogP contribution < -0.4 is 14.1 Å². The second-order valence-electron chi connectivity index (χ2n) is 0. The van der Waals surface area contributed by atoms with Crippen LogP contribution in [0.2, 0.25) is 0 Å². The van der Waals surface area contributed by atoms with E-state index in [0.717, 1.165) is 0 Å². The van der Waals surface area contributed by atoms with Crippen LogP contribution in [-0.2, 0) is 0 Å². The first-order chi connectivity index (χ1) is 0. The third-order valence-corrected chi connectivity index (χ3v) is 0. The van der Waals surface area contributed by atoms with Crippen molar-refractivity contribution >= 4 is 0 Å². The minimum absolute atomic E-state index is 0. The SMILES string of the molecule is O.[F-].[F-].[F-].[La+3]. The predicted octanol–water partition coefficient (Wildman–Crippen LogP) is -9.81. The van der Waals surface area contributed by atoms with Crippen LogP contribution in [0.15, 0.2) is 0 Å². The van der Waals surface area contributed by atoms with Crippen LogP contribution in [0.4, 0.5) is 0 Å². The molecule has 0 saturated carbocycles. The van der Waals surface area contributed by atoms with Gasteiger partial charge < -0.3 is 19.6 Å². The first-order valence-corrected chi connectivity index (χ1v) is 0. The van der Waals surface area contributed by atoms with E-state index in [0.29, 0.717) is 0 Å². The predicted molar refractivity (Wildman–Crippen MR) is 3.61 cm³/mol. The summed E-state index contributed by atoms with van der Waals surface area (Å²) < 4.78 is 0.